The van der Waals surface area contributed by atoms with E-state index in [4.69, 9.17) is 16.7 Å². The number of nitrogens with zero attached hydrogens (tertiary/aromatic N) is 6. The molecule has 1 unspecified atom stereocenters. The Bertz CT molecular complexity index is 1600. The van der Waals surface area contributed by atoms with Crippen LogP contribution in [0.4, 0.5) is 5.82 Å². The van der Waals surface area contributed by atoms with Crippen molar-refractivity contribution in [1.29, 1.82) is 0 Å². The number of carbonyl (C=O) groups is 1. The quantitative estimate of drug-likeness (QED) is 0.375. The Morgan fingerprint density at radius 1 is 1.11 bits per heavy atom. The molecule has 4 aromatic heterocycles. The van der Waals surface area contributed by atoms with Gasteiger partial charge in [-0.1, -0.05) is 23.7 Å². The molecular formula is C26H22ClN7O. The third kappa shape index (κ3) is 3.93. The lowest BCUT2D eigenvalue weighted by molar-refractivity contribution is -0.117. The topological polar surface area (TPSA) is 90.0 Å². The largest absolute Gasteiger partial charge is 0.310 e. The van der Waals surface area contributed by atoms with Crippen molar-refractivity contribution in [3.05, 3.63) is 83.0 Å². The summed E-state index contributed by atoms with van der Waals surface area (Å²) >= 11 is 6.12. The first kappa shape index (κ1) is 20.6. The van der Waals surface area contributed by atoms with Crippen LogP contribution in [0.25, 0.3) is 16.6 Å². The molecule has 174 valence electrons. The highest BCUT2D eigenvalue weighted by Gasteiger charge is 2.44. The van der Waals surface area contributed by atoms with E-state index in [1.54, 1.807) is 6.20 Å². The van der Waals surface area contributed by atoms with Gasteiger partial charge in [-0.05, 0) is 61.1 Å². The predicted molar refractivity (Wildman–Crippen MR) is 133 cm³/mol. The van der Waals surface area contributed by atoms with E-state index in [0.29, 0.717) is 23.3 Å². The van der Waals surface area contributed by atoms with Crippen LogP contribution >= 0.6 is 11.6 Å². The first-order chi connectivity index (χ1) is 17.1. The van der Waals surface area contributed by atoms with E-state index in [-0.39, 0.29) is 17.7 Å². The number of anilines is 1. The number of rotatable bonds is 6. The Morgan fingerprint density at radius 3 is 2.89 bits per heavy atom. The van der Waals surface area contributed by atoms with Crippen LogP contribution in [-0.2, 0) is 11.3 Å². The van der Waals surface area contributed by atoms with Gasteiger partial charge in [-0.2, -0.15) is 10.2 Å². The maximum absolute atomic E-state index is 12.9. The van der Waals surface area contributed by atoms with Gasteiger partial charge < -0.3 is 5.32 Å². The maximum atomic E-state index is 12.9. The molecule has 8 nitrogen and oxygen atoms in total. The molecule has 0 spiro atoms. The van der Waals surface area contributed by atoms with Gasteiger partial charge >= 0.3 is 0 Å². The van der Waals surface area contributed by atoms with Crippen LogP contribution in [0.5, 0.6) is 0 Å². The fraction of sp³-hybridized carbons (Fsp3) is 0.269. The number of carbonyl (C=O) groups excluding carboxylic acids is 1. The van der Waals surface area contributed by atoms with Crippen molar-refractivity contribution in [2.75, 3.05) is 5.32 Å². The van der Waals surface area contributed by atoms with Gasteiger partial charge in [0.05, 0.1) is 35.0 Å². The van der Waals surface area contributed by atoms with E-state index in [2.05, 4.69) is 26.4 Å². The molecule has 0 radical (unpaired) electrons. The lowest BCUT2D eigenvalue weighted by atomic mass is 10.1. The molecule has 0 bridgehead atoms. The number of amides is 1. The van der Waals surface area contributed by atoms with E-state index in [1.165, 1.54) is 12.8 Å². The SMILES string of the molecule is O=C(Nc1nccc2nn(Cc3cn4nc(C5CC5)ccc4n3)cc12)[C@H]1CC1c1cccc(Cl)c1. The van der Waals surface area contributed by atoms with E-state index in [9.17, 15) is 4.79 Å². The lowest BCUT2D eigenvalue weighted by Gasteiger charge is -2.05. The fourth-order valence-electron chi connectivity index (χ4n) is 4.76. The molecular weight excluding hydrogens is 462 g/mol. The first-order valence-corrected chi connectivity index (χ1v) is 12.2. The summed E-state index contributed by atoms with van der Waals surface area (Å²) in [5.74, 6) is 1.22. The fourth-order valence-corrected chi connectivity index (χ4v) is 4.96. The number of hydrogen-bond acceptors (Lipinski definition) is 5. The molecule has 0 saturated heterocycles. The summed E-state index contributed by atoms with van der Waals surface area (Å²) in [6.07, 6.45) is 8.78. The highest BCUT2D eigenvalue weighted by molar-refractivity contribution is 6.30. The maximum Gasteiger partial charge on any atom is 0.229 e. The molecule has 1 amide bonds. The minimum Gasteiger partial charge on any atom is -0.310 e. The number of nitrogens with one attached hydrogen (secondary N) is 1. The van der Waals surface area contributed by atoms with E-state index in [1.807, 2.05) is 58.0 Å². The Hall–Kier alpha value is -3.78. The zero-order valence-corrected chi connectivity index (χ0v) is 19.6. The summed E-state index contributed by atoms with van der Waals surface area (Å²) in [5.41, 5.74) is 4.71. The zero-order chi connectivity index (χ0) is 23.5. The molecule has 1 N–H and O–H groups in total. The second kappa shape index (κ2) is 7.88. The monoisotopic (exact) mass is 483 g/mol. The van der Waals surface area contributed by atoms with Gasteiger partial charge in [0.2, 0.25) is 5.91 Å². The van der Waals surface area contributed by atoms with Crippen LogP contribution in [0.3, 0.4) is 0 Å². The van der Waals surface area contributed by atoms with Gasteiger partial charge in [-0.3, -0.25) is 9.48 Å². The van der Waals surface area contributed by atoms with Gasteiger partial charge in [0.1, 0.15) is 5.82 Å². The Kier molecular flexibility index (Phi) is 4.63. The molecule has 9 heteroatoms. The second-order valence-corrected chi connectivity index (χ2v) is 9.92. The van der Waals surface area contributed by atoms with Crippen molar-refractivity contribution in [3.8, 4) is 0 Å². The number of hydrogen-bond donors (Lipinski definition) is 1. The number of pyridine rings is 1. The van der Waals surface area contributed by atoms with E-state index >= 15 is 0 Å². The van der Waals surface area contributed by atoms with Crippen molar-refractivity contribution in [2.24, 2.45) is 5.92 Å². The Balaban J connectivity index is 1.09. The standard InChI is InChI=1S/C26H22ClN7O/c27-17-3-1-2-16(10-17)19-11-20(19)26(35)30-25-21-14-33(31-23(21)8-9-28-25)12-18-13-34-24(29-18)7-6-22(32-34)15-4-5-15/h1-3,6-10,13-15,19-20H,4-5,11-12H2,(H,28,30,35)/t19?,20-/m0/s1. The van der Waals surface area contributed by atoms with Crippen molar-refractivity contribution in [2.45, 2.75) is 37.6 Å². The zero-order valence-electron chi connectivity index (χ0n) is 18.8. The van der Waals surface area contributed by atoms with E-state index in [0.717, 1.165) is 39.9 Å². The van der Waals surface area contributed by atoms with Gasteiger partial charge in [-0.15, -0.1) is 0 Å². The van der Waals surface area contributed by atoms with Gasteiger partial charge in [0, 0.05) is 29.3 Å². The van der Waals surface area contributed by atoms with E-state index < -0.39 is 0 Å². The van der Waals surface area contributed by atoms with Gasteiger partial charge in [-0.25, -0.2) is 14.5 Å². The van der Waals surface area contributed by atoms with Crippen molar-refractivity contribution in [3.63, 3.8) is 0 Å². The van der Waals surface area contributed by atoms with Crippen molar-refractivity contribution in [1.82, 2.24) is 29.4 Å². The summed E-state index contributed by atoms with van der Waals surface area (Å²) in [6.45, 7) is 0.504. The first-order valence-electron chi connectivity index (χ1n) is 11.8. The summed E-state index contributed by atoms with van der Waals surface area (Å²) in [6, 6.07) is 13.7. The highest BCUT2D eigenvalue weighted by Crippen LogP contribution is 2.48. The Morgan fingerprint density at radius 2 is 2.03 bits per heavy atom. The summed E-state index contributed by atoms with van der Waals surface area (Å²) in [7, 11) is 0. The second-order valence-electron chi connectivity index (χ2n) is 9.48. The van der Waals surface area contributed by atoms with Crippen LogP contribution < -0.4 is 5.32 Å². The molecule has 4 heterocycles. The molecule has 2 saturated carbocycles. The number of aromatic nitrogens is 6. The molecule has 2 fully saturated rings. The average molecular weight is 484 g/mol. The molecule has 0 aliphatic heterocycles. The third-order valence-electron chi connectivity index (χ3n) is 6.84. The van der Waals surface area contributed by atoms with Crippen molar-refractivity contribution >= 4 is 39.9 Å². The molecule has 2 aliphatic carbocycles. The summed E-state index contributed by atoms with van der Waals surface area (Å²) in [5, 5.41) is 13.9. The number of halogens is 1. The number of benzene rings is 1. The summed E-state index contributed by atoms with van der Waals surface area (Å²) in [4.78, 5) is 22.0. The molecule has 35 heavy (non-hydrogen) atoms. The minimum absolute atomic E-state index is 0.0272. The van der Waals surface area contributed by atoms with Crippen molar-refractivity contribution < 1.29 is 4.79 Å². The predicted octanol–water partition coefficient (Wildman–Crippen LogP) is 4.80. The van der Waals surface area contributed by atoms with Gasteiger partial charge in [0.25, 0.3) is 0 Å². The smallest absolute Gasteiger partial charge is 0.229 e. The molecule has 1 aromatic carbocycles. The normalized spacial score (nSPS) is 19.3. The minimum atomic E-state index is -0.0772. The molecule has 5 aromatic rings. The average Bonchev–Trinajstić information content (AvgIpc) is 3.76. The lowest BCUT2D eigenvalue weighted by Crippen LogP contribution is -2.15. The van der Waals surface area contributed by atoms with Gasteiger partial charge in [0.15, 0.2) is 5.65 Å². The highest BCUT2D eigenvalue weighted by atomic mass is 35.5. The van der Waals surface area contributed by atoms with Crippen LogP contribution in [0.1, 0.15) is 48.0 Å². The third-order valence-corrected chi connectivity index (χ3v) is 7.07. The molecule has 2 atom stereocenters. The number of imidazole rings is 1. The molecule has 7 rings (SSSR count). The van der Waals surface area contributed by atoms with Crippen LogP contribution in [0.15, 0.2) is 61.1 Å². The summed E-state index contributed by atoms with van der Waals surface area (Å²) < 4.78 is 3.68. The Labute approximate surface area is 206 Å². The van der Waals surface area contributed by atoms with Crippen LogP contribution in [0.2, 0.25) is 5.02 Å². The molecule has 2 aliphatic rings. The number of fused-ring (bicyclic) bond motifs is 2. The van der Waals surface area contributed by atoms with Crippen LogP contribution in [-0.4, -0.2) is 35.3 Å². The van der Waals surface area contributed by atoms with Crippen LogP contribution in [0, 0.1) is 5.92 Å².